The molecule has 23 heavy (non-hydrogen) atoms. The highest BCUT2D eigenvalue weighted by Gasteiger charge is 2.20. The molecular weight excluding hydrogens is 322 g/mol. The molecule has 0 fully saturated rings. The van der Waals surface area contributed by atoms with Crippen LogP contribution in [0.2, 0.25) is 0 Å². The Morgan fingerprint density at radius 2 is 1.96 bits per heavy atom. The van der Waals surface area contributed by atoms with E-state index in [0.29, 0.717) is 17.2 Å². The molecule has 0 aliphatic carbocycles. The average Bonchev–Trinajstić information content (AvgIpc) is 2.51. The molecule has 2 atom stereocenters. The van der Waals surface area contributed by atoms with Gasteiger partial charge in [-0.15, -0.1) is 12.4 Å². The molecule has 0 aliphatic rings. The maximum absolute atomic E-state index is 12.1. The summed E-state index contributed by atoms with van der Waals surface area (Å²) < 4.78 is 10.4. The molecule has 1 aromatic rings. The van der Waals surface area contributed by atoms with Crippen LogP contribution in [0.3, 0.4) is 0 Å². The van der Waals surface area contributed by atoms with Crippen LogP contribution in [0.15, 0.2) is 18.2 Å². The Morgan fingerprint density at radius 1 is 1.30 bits per heavy atom. The molecule has 0 aliphatic heterocycles. The Bertz CT molecular complexity index is 539. The van der Waals surface area contributed by atoms with Crippen LogP contribution in [0.25, 0.3) is 0 Å². The highest BCUT2D eigenvalue weighted by molar-refractivity contribution is 5.95. The summed E-state index contributed by atoms with van der Waals surface area (Å²) in [7, 11) is 1.48. The number of halogens is 1. The van der Waals surface area contributed by atoms with E-state index in [9.17, 15) is 9.59 Å². The van der Waals surface area contributed by atoms with E-state index >= 15 is 0 Å². The molecule has 1 aromatic carbocycles. The van der Waals surface area contributed by atoms with Gasteiger partial charge in [0.15, 0.2) is 18.1 Å². The van der Waals surface area contributed by atoms with Gasteiger partial charge in [0.25, 0.3) is 5.91 Å². The van der Waals surface area contributed by atoms with Gasteiger partial charge in [-0.1, -0.05) is 20.3 Å². The van der Waals surface area contributed by atoms with Gasteiger partial charge in [-0.05, 0) is 18.1 Å². The number of hydrogen-bond donors (Lipinski definition) is 3. The first-order chi connectivity index (χ1) is 10.4. The number of carbonyl (C=O) groups is 2. The Labute approximate surface area is 142 Å². The number of methoxy groups -OCH3 is 1. The van der Waals surface area contributed by atoms with Crippen LogP contribution in [-0.4, -0.2) is 31.6 Å². The Balaban J connectivity index is 0.00000484. The predicted octanol–water partition coefficient (Wildman–Crippen LogP) is 1.29. The van der Waals surface area contributed by atoms with Crippen LogP contribution in [-0.2, 0) is 9.59 Å². The van der Waals surface area contributed by atoms with Gasteiger partial charge in [-0.2, -0.15) is 0 Å². The van der Waals surface area contributed by atoms with Crippen molar-refractivity contribution in [2.24, 2.45) is 17.4 Å². The quantitative estimate of drug-likeness (QED) is 0.656. The molecular formula is C15H24ClN3O4. The first-order valence-corrected chi connectivity index (χ1v) is 7.04. The number of benzene rings is 1. The van der Waals surface area contributed by atoms with Gasteiger partial charge >= 0.3 is 0 Å². The molecule has 7 nitrogen and oxygen atoms in total. The summed E-state index contributed by atoms with van der Waals surface area (Å²) in [6, 6.07) is 4.25. The summed E-state index contributed by atoms with van der Waals surface area (Å²) in [6.45, 7) is 3.61. The lowest BCUT2D eigenvalue weighted by atomic mass is 9.99. The lowest BCUT2D eigenvalue weighted by Crippen LogP contribution is -2.40. The van der Waals surface area contributed by atoms with Crippen molar-refractivity contribution in [3.05, 3.63) is 18.2 Å². The van der Waals surface area contributed by atoms with E-state index in [2.05, 4.69) is 5.32 Å². The minimum atomic E-state index is -0.602. The van der Waals surface area contributed by atoms with Crippen LogP contribution >= 0.6 is 12.4 Å². The molecule has 130 valence electrons. The van der Waals surface area contributed by atoms with E-state index in [1.807, 2.05) is 13.8 Å². The van der Waals surface area contributed by atoms with E-state index in [0.717, 1.165) is 6.42 Å². The van der Waals surface area contributed by atoms with Gasteiger partial charge < -0.3 is 26.3 Å². The van der Waals surface area contributed by atoms with Crippen LogP contribution < -0.4 is 26.3 Å². The lowest BCUT2D eigenvalue weighted by Gasteiger charge is -2.18. The molecule has 0 bridgehead atoms. The number of amides is 2. The van der Waals surface area contributed by atoms with Crippen molar-refractivity contribution in [2.75, 3.05) is 19.0 Å². The molecule has 0 spiro atoms. The van der Waals surface area contributed by atoms with Gasteiger partial charge in [0.2, 0.25) is 5.91 Å². The third-order valence-corrected chi connectivity index (χ3v) is 3.36. The fourth-order valence-electron chi connectivity index (χ4n) is 1.75. The zero-order valence-electron chi connectivity index (χ0n) is 13.5. The predicted molar refractivity (Wildman–Crippen MR) is 91.0 cm³/mol. The van der Waals surface area contributed by atoms with Crippen LogP contribution in [0, 0.1) is 5.92 Å². The number of nitrogens with one attached hydrogen (secondary N) is 1. The Hall–Kier alpha value is -1.99. The Kier molecular flexibility index (Phi) is 9.05. The summed E-state index contributed by atoms with van der Waals surface area (Å²) in [6.07, 6.45) is 0.810. The first kappa shape index (κ1) is 21.0. The molecule has 2 amide bonds. The third-order valence-electron chi connectivity index (χ3n) is 3.36. The second-order valence-corrected chi connectivity index (χ2v) is 5.02. The number of primary amides is 1. The Morgan fingerprint density at radius 3 is 2.48 bits per heavy atom. The number of carbonyl (C=O) groups excluding carboxylic acids is 2. The van der Waals surface area contributed by atoms with Crippen LogP contribution in [0.1, 0.15) is 20.3 Å². The second kappa shape index (κ2) is 9.91. The second-order valence-electron chi connectivity index (χ2n) is 5.02. The molecule has 0 aromatic heterocycles. The summed E-state index contributed by atoms with van der Waals surface area (Å²) in [5.74, 6) is -0.0545. The van der Waals surface area contributed by atoms with Gasteiger partial charge in [0.1, 0.15) is 0 Å². The molecule has 0 saturated heterocycles. The zero-order valence-corrected chi connectivity index (χ0v) is 14.3. The highest BCUT2D eigenvalue weighted by Crippen LogP contribution is 2.30. The van der Waals surface area contributed by atoms with E-state index in [4.69, 9.17) is 20.9 Å². The lowest BCUT2D eigenvalue weighted by molar-refractivity contribution is -0.120. The van der Waals surface area contributed by atoms with Gasteiger partial charge in [0, 0.05) is 11.8 Å². The van der Waals surface area contributed by atoms with Crippen molar-refractivity contribution in [2.45, 2.75) is 26.3 Å². The highest BCUT2D eigenvalue weighted by atomic mass is 35.5. The summed E-state index contributed by atoms with van der Waals surface area (Å²) in [5, 5.41) is 2.72. The number of nitrogens with two attached hydrogens (primary N) is 2. The maximum Gasteiger partial charge on any atom is 0.255 e. The summed E-state index contributed by atoms with van der Waals surface area (Å²) >= 11 is 0. The summed E-state index contributed by atoms with van der Waals surface area (Å²) in [4.78, 5) is 22.9. The molecule has 0 heterocycles. The van der Waals surface area contributed by atoms with E-state index < -0.39 is 11.9 Å². The van der Waals surface area contributed by atoms with Crippen molar-refractivity contribution in [3.63, 3.8) is 0 Å². The van der Waals surface area contributed by atoms with Crippen molar-refractivity contribution < 1.29 is 19.1 Å². The molecule has 0 saturated carbocycles. The van der Waals surface area contributed by atoms with Crippen molar-refractivity contribution in [1.82, 2.24) is 0 Å². The largest absolute Gasteiger partial charge is 0.493 e. The van der Waals surface area contributed by atoms with Gasteiger partial charge in [0.05, 0.1) is 13.2 Å². The smallest absolute Gasteiger partial charge is 0.255 e. The molecule has 1 rings (SSSR count). The van der Waals surface area contributed by atoms with Crippen LogP contribution in [0.5, 0.6) is 11.5 Å². The minimum Gasteiger partial charge on any atom is -0.493 e. The molecule has 2 unspecified atom stereocenters. The molecule has 0 radical (unpaired) electrons. The van der Waals surface area contributed by atoms with E-state index in [1.165, 1.54) is 7.11 Å². The SMILES string of the molecule is CCC(C)C(N)C(=O)Nc1ccc(OC)c(OCC(N)=O)c1.Cl. The normalized spacial score (nSPS) is 12.5. The molecule has 5 N–H and O–H groups in total. The minimum absolute atomic E-state index is 0. The molecule has 8 heteroatoms. The van der Waals surface area contributed by atoms with E-state index in [1.54, 1.807) is 18.2 Å². The maximum atomic E-state index is 12.1. The fourth-order valence-corrected chi connectivity index (χ4v) is 1.75. The third kappa shape index (κ3) is 6.33. The van der Waals surface area contributed by atoms with Crippen molar-refractivity contribution in [3.8, 4) is 11.5 Å². The topological polar surface area (TPSA) is 117 Å². The number of hydrogen-bond acceptors (Lipinski definition) is 5. The van der Waals surface area contributed by atoms with Crippen molar-refractivity contribution in [1.29, 1.82) is 0 Å². The number of anilines is 1. The number of ether oxygens (including phenoxy) is 2. The van der Waals surface area contributed by atoms with Crippen molar-refractivity contribution >= 4 is 29.9 Å². The van der Waals surface area contributed by atoms with Gasteiger partial charge in [-0.25, -0.2) is 0 Å². The first-order valence-electron chi connectivity index (χ1n) is 7.04. The van der Waals surface area contributed by atoms with Gasteiger partial charge in [-0.3, -0.25) is 9.59 Å². The number of rotatable bonds is 8. The standard InChI is InChI=1S/C15H23N3O4.ClH/c1-4-9(2)14(17)15(20)18-10-5-6-11(21-3)12(7-10)22-8-13(16)19;/h5-7,9,14H,4,8,17H2,1-3H3,(H2,16,19)(H,18,20);1H. The van der Waals surface area contributed by atoms with Crippen LogP contribution in [0.4, 0.5) is 5.69 Å². The fraction of sp³-hybridized carbons (Fsp3) is 0.467. The monoisotopic (exact) mass is 345 g/mol. The van der Waals surface area contributed by atoms with E-state index in [-0.39, 0.29) is 30.8 Å². The summed E-state index contributed by atoms with van der Waals surface area (Å²) in [5.41, 5.74) is 11.4. The average molecular weight is 346 g/mol. The zero-order chi connectivity index (χ0) is 16.7.